The average Bonchev–Trinajstić information content (AvgIpc) is 2.26. The second-order valence-corrected chi connectivity index (χ2v) is 3.69. The van der Waals surface area contributed by atoms with E-state index in [4.69, 9.17) is 38.5 Å². The number of rotatable bonds is 0. The third-order valence-corrected chi connectivity index (χ3v) is 0.204. The van der Waals surface area contributed by atoms with Crippen LogP contribution in [0.3, 0.4) is 0 Å². The molecule has 6 N–H and O–H groups in total. The molecular formula is C2H11NaO9P2. The first-order chi connectivity index (χ1) is 5.50. The van der Waals surface area contributed by atoms with Crippen molar-refractivity contribution < 1.29 is 43.2 Å². The van der Waals surface area contributed by atoms with Crippen LogP contribution >= 0.6 is 15.6 Å². The fraction of sp³-hybridized carbons (Fsp3) is 1.00. The normalized spacial score (nSPS) is 13.6. The van der Waals surface area contributed by atoms with Crippen LogP contribution in [0.4, 0.5) is 0 Å². The molecule has 0 bridgehead atoms. The third kappa shape index (κ3) is 411. The Labute approximate surface area is 102 Å². The molecule has 0 aliphatic carbocycles. The minimum atomic E-state index is -4.64. The number of hydrogen-bond donors (Lipinski definition) is 6. The third-order valence-electron chi connectivity index (χ3n) is 0.204. The van der Waals surface area contributed by atoms with Gasteiger partial charge in [0.2, 0.25) is 0 Å². The van der Waals surface area contributed by atoms with Gasteiger partial charge >= 0.3 is 45.2 Å². The fourth-order valence-electron chi connectivity index (χ4n) is 0. The summed E-state index contributed by atoms with van der Waals surface area (Å²) in [7, 11) is -9.28. The minimum absolute atomic E-state index is 0. The fourth-order valence-corrected chi connectivity index (χ4v) is 0. The van der Waals surface area contributed by atoms with Gasteiger partial charge in [-0.05, 0) is 0 Å². The molecule has 1 saturated heterocycles. The summed E-state index contributed by atoms with van der Waals surface area (Å²) in [6.45, 7) is 2.00. The molecule has 0 spiro atoms. The predicted molar refractivity (Wildman–Crippen MR) is 46.5 cm³/mol. The Morgan fingerprint density at radius 2 is 0.857 bits per heavy atom. The summed E-state index contributed by atoms with van der Waals surface area (Å²) in [5.41, 5.74) is 0. The first-order valence-corrected chi connectivity index (χ1v) is 5.77. The van der Waals surface area contributed by atoms with E-state index < -0.39 is 15.6 Å². The van der Waals surface area contributed by atoms with Crippen LogP contribution < -0.4 is 0 Å². The maximum absolute atomic E-state index is 8.88. The van der Waals surface area contributed by atoms with Crippen molar-refractivity contribution >= 4 is 45.2 Å². The first-order valence-electron chi connectivity index (χ1n) is 2.64. The van der Waals surface area contributed by atoms with Gasteiger partial charge in [0.05, 0.1) is 13.2 Å². The van der Waals surface area contributed by atoms with E-state index in [2.05, 4.69) is 4.74 Å². The summed E-state index contributed by atoms with van der Waals surface area (Å²) in [6.07, 6.45) is 0. The molecule has 0 aromatic heterocycles. The van der Waals surface area contributed by atoms with Crippen LogP contribution in [0, 0.1) is 0 Å². The van der Waals surface area contributed by atoms with E-state index >= 15 is 0 Å². The van der Waals surface area contributed by atoms with E-state index in [1.165, 1.54) is 0 Å². The Morgan fingerprint density at radius 3 is 0.857 bits per heavy atom. The van der Waals surface area contributed by atoms with Gasteiger partial charge in [0.1, 0.15) is 0 Å². The van der Waals surface area contributed by atoms with Gasteiger partial charge in [0, 0.05) is 0 Å². The number of epoxide rings is 1. The topological polar surface area (TPSA) is 168 Å². The molecule has 84 valence electrons. The molecule has 0 saturated carbocycles. The van der Waals surface area contributed by atoms with Gasteiger partial charge < -0.3 is 34.1 Å². The van der Waals surface area contributed by atoms with Gasteiger partial charge in [-0.15, -0.1) is 0 Å². The van der Waals surface area contributed by atoms with Crippen LogP contribution in [0.15, 0.2) is 0 Å². The van der Waals surface area contributed by atoms with E-state index in [1.54, 1.807) is 0 Å². The molecule has 1 fully saturated rings. The van der Waals surface area contributed by atoms with Gasteiger partial charge in [0.25, 0.3) is 0 Å². The van der Waals surface area contributed by atoms with Crippen LogP contribution in [-0.4, -0.2) is 72.1 Å². The molecule has 0 aromatic rings. The van der Waals surface area contributed by atoms with Gasteiger partial charge in [-0.3, -0.25) is 0 Å². The summed E-state index contributed by atoms with van der Waals surface area (Å²) in [4.78, 5) is 43.1. The SMILES string of the molecule is C1CO1.O=P(O)(O)O.O=P(O)(O)O.[NaH]. The molecular weight excluding hydrogens is 253 g/mol. The summed E-state index contributed by atoms with van der Waals surface area (Å²) < 4.78 is 22.3. The summed E-state index contributed by atoms with van der Waals surface area (Å²) in [6, 6.07) is 0. The van der Waals surface area contributed by atoms with Gasteiger partial charge in [0.15, 0.2) is 0 Å². The summed E-state index contributed by atoms with van der Waals surface area (Å²) in [5, 5.41) is 0. The Bertz CT molecular complexity index is 164. The van der Waals surface area contributed by atoms with Crippen molar-refractivity contribution in [2.75, 3.05) is 13.2 Å². The number of hydrogen-bond acceptors (Lipinski definition) is 3. The molecule has 14 heavy (non-hydrogen) atoms. The summed E-state index contributed by atoms with van der Waals surface area (Å²) in [5.74, 6) is 0. The van der Waals surface area contributed by atoms with Crippen LogP contribution in [0.1, 0.15) is 0 Å². The molecule has 1 heterocycles. The standard InChI is InChI=1S/C2H4O.Na.2H3O4P.H/c1-2-3-1;;2*1-5(2,3)4;/h1-2H2;;2*(H3,1,2,3,4);. The second kappa shape index (κ2) is 9.41. The first kappa shape index (κ1) is 20.6. The molecule has 9 nitrogen and oxygen atoms in total. The quantitative estimate of drug-likeness (QED) is 0.157. The Morgan fingerprint density at radius 1 is 0.786 bits per heavy atom. The molecule has 0 aromatic carbocycles. The van der Waals surface area contributed by atoms with Gasteiger partial charge in [-0.25, -0.2) is 9.13 Å². The van der Waals surface area contributed by atoms with E-state index in [0.717, 1.165) is 13.2 Å². The van der Waals surface area contributed by atoms with E-state index in [1.807, 2.05) is 0 Å². The average molecular weight is 264 g/mol. The molecule has 0 atom stereocenters. The van der Waals surface area contributed by atoms with Crippen LogP contribution in [0.2, 0.25) is 0 Å². The Kier molecular flexibility index (Phi) is 13.8. The molecule has 0 radical (unpaired) electrons. The van der Waals surface area contributed by atoms with Crippen molar-refractivity contribution in [3.05, 3.63) is 0 Å². The van der Waals surface area contributed by atoms with E-state index in [9.17, 15) is 0 Å². The van der Waals surface area contributed by atoms with Crippen LogP contribution in [0.5, 0.6) is 0 Å². The molecule has 1 aliphatic rings. The maximum atomic E-state index is 8.88. The van der Waals surface area contributed by atoms with Crippen molar-refractivity contribution in [3.63, 3.8) is 0 Å². The van der Waals surface area contributed by atoms with Crippen LogP contribution in [0.25, 0.3) is 0 Å². The summed E-state index contributed by atoms with van der Waals surface area (Å²) >= 11 is 0. The van der Waals surface area contributed by atoms with Crippen LogP contribution in [-0.2, 0) is 13.9 Å². The zero-order valence-electron chi connectivity index (χ0n) is 6.22. The molecule has 0 unspecified atom stereocenters. The molecule has 0 amide bonds. The van der Waals surface area contributed by atoms with E-state index in [-0.39, 0.29) is 29.6 Å². The molecule has 12 heteroatoms. The molecule has 1 rings (SSSR count). The molecule has 1 aliphatic heterocycles. The van der Waals surface area contributed by atoms with Crippen molar-refractivity contribution in [2.45, 2.75) is 0 Å². The zero-order chi connectivity index (χ0) is 11.1. The van der Waals surface area contributed by atoms with Crippen molar-refractivity contribution in [3.8, 4) is 0 Å². The monoisotopic (exact) mass is 264 g/mol. The van der Waals surface area contributed by atoms with E-state index in [0.29, 0.717) is 0 Å². The number of ether oxygens (including phenoxy) is 1. The van der Waals surface area contributed by atoms with Gasteiger partial charge in [-0.2, -0.15) is 0 Å². The van der Waals surface area contributed by atoms with Crippen molar-refractivity contribution in [1.82, 2.24) is 0 Å². The second-order valence-electron chi connectivity index (χ2n) is 1.64. The van der Waals surface area contributed by atoms with Gasteiger partial charge in [-0.1, -0.05) is 0 Å². The Balaban J connectivity index is -0.000000128. The Hall–Kier alpha value is 1.18. The number of phosphoric acid groups is 2. The predicted octanol–water partition coefficient (Wildman–Crippen LogP) is -2.49. The zero-order valence-corrected chi connectivity index (χ0v) is 8.01. The van der Waals surface area contributed by atoms with Crippen molar-refractivity contribution in [2.24, 2.45) is 0 Å². The van der Waals surface area contributed by atoms with Crippen molar-refractivity contribution in [1.29, 1.82) is 0 Å².